The van der Waals surface area contributed by atoms with Gasteiger partial charge in [0.15, 0.2) is 0 Å². The zero-order valence-corrected chi connectivity index (χ0v) is 9.01. The van der Waals surface area contributed by atoms with Crippen molar-refractivity contribution in [3.8, 4) is 0 Å². The van der Waals surface area contributed by atoms with E-state index in [2.05, 4.69) is 4.72 Å². The highest BCUT2D eigenvalue weighted by Crippen LogP contribution is 2.16. The lowest BCUT2D eigenvalue weighted by Crippen LogP contribution is -2.33. The van der Waals surface area contributed by atoms with Gasteiger partial charge in [-0.1, -0.05) is 24.3 Å². The summed E-state index contributed by atoms with van der Waals surface area (Å²) in [6.07, 6.45) is 0. The van der Waals surface area contributed by atoms with Gasteiger partial charge in [0.1, 0.15) is 0 Å². The van der Waals surface area contributed by atoms with Crippen molar-refractivity contribution in [2.24, 2.45) is 5.14 Å². The molecule has 1 aromatic rings. The largest absolute Gasteiger partial charge is 0.274 e. The van der Waals surface area contributed by atoms with Crippen LogP contribution in [0.4, 0.5) is 0 Å². The van der Waals surface area contributed by atoms with Gasteiger partial charge in [0.05, 0.1) is 0 Å². The van der Waals surface area contributed by atoms with Crippen LogP contribution in [0.15, 0.2) is 24.3 Å². The molecule has 0 saturated heterocycles. The second-order valence-electron chi connectivity index (χ2n) is 3.24. The number of hydrogen-bond donors (Lipinski definition) is 2. The van der Waals surface area contributed by atoms with Gasteiger partial charge in [0, 0.05) is 6.04 Å². The molecule has 0 radical (unpaired) electrons. The molecule has 14 heavy (non-hydrogen) atoms. The van der Waals surface area contributed by atoms with E-state index in [-0.39, 0.29) is 6.04 Å². The van der Waals surface area contributed by atoms with Gasteiger partial charge in [0.2, 0.25) is 0 Å². The molecule has 0 saturated carbocycles. The minimum atomic E-state index is -3.64. The zero-order valence-electron chi connectivity index (χ0n) is 8.19. The average molecular weight is 214 g/mol. The molecule has 1 rings (SSSR count). The van der Waals surface area contributed by atoms with Crippen LogP contribution in [0.1, 0.15) is 24.1 Å². The van der Waals surface area contributed by atoms with E-state index in [0.717, 1.165) is 11.1 Å². The summed E-state index contributed by atoms with van der Waals surface area (Å²) in [5.74, 6) is 0. The first kappa shape index (κ1) is 11.2. The normalized spacial score (nSPS) is 13.9. The van der Waals surface area contributed by atoms with Gasteiger partial charge in [-0.2, -0.15) is 13.1 Å². The molecule has 5 heteroatoms. The van der Waals surface area contributed by atoms with Crippen LogP contribution in [0.25, 0.3) is 0 Å². The van der Waals surface area contributed by atoms with Crippen molar-refractivity contribution in [3.05, 3.63) is 35.4 Å². The van der Waals surface area contributed by atoms with E-state index in [1.807, 2.05) is 31.2 Å². The van der Waals surface area contributed by atoms with E-state index in [0.29, 0.717) is 0 Å². The highest BCUT2D eigenvalue weighted by molar-refractivity contribution is 7.87. The van der Waals surface area contributed by atoms with Crippen molar-refractivity contribution in [1.29, 1.82) is 0 Å². The summed E-state index contributed by atoms with van der Waals surface area (Å²) in [5.41, 5.74) is 1.97. The fourth-order valence-electron chi connectivity index (χ4n) is 1.38. The Labute approximate surface area is 84.3 Å². The molecule has 0 unspecified atom stereocenters. The molecule has 1 aromatic carbocycles. The Morgan fingerprint density at radius 1 is 1.36 bits per heavy atom. The maximum atomic E-state index is 10.8. The topological polar surface area (TPSA) is 72.2 Å². The summed E-state index contributed by atoms with van der Waals surface area (Å²) < 4.78 is 23.9. The predicted molar refractivity (Wildman–Crippen MR) is 55.8 cm³/mol. The number of rotatable bonds is 3. The molecule has 0 aliphatic rings. The first-order chi connectivity index (χ1) is 6.40. The first-order valence-corrected chi connectivity index (χ1v) is 5.80. The van der Waals surface area contributed by atoms with Gasteiger partial charge < -0.3 is 0 Å². The average Bonchev–Trinajstić information content (AvgIpc) is 2.01. The van der Waals surface area contributed by atoms with E-state index in [9.17, 15) is 8.42 Å². The zero-order chi connectivity index (χ0) is 10.8. The number of aryl methyl sites for hydroxylation is 1. The van der Waals surface area contributed by atoms with E-state index >= 15 is 0 Å². The van der Waals surface area contributed by atoms with Crippen molar-refractivity contribution in [2.75, 3.05) is 0 Å². The maximum Gasteiger partial charge on any atom is 0.274 e. The van der Waals surface area contributed by atoms with Gasteiger partial charge in [-0.3, -0.25) is 0 Å². The fraction of sp³-hybridized carbons (Fsp3) is 0.333. The van der Waals surface area contributed by atoms with Crippen LogP contribution in [-0.4, -0.2) is 8.42 Å². The van der Waals surface area contributed by atoms with Crippen molar-refractivity contribution < 1.29 is 8.42 Å². The van der Waals surface area contributed by atoms with Crippen LogP contribution in [0.3, 0.4) is 0 Å². The van der Waals surface area contributed by atoms with Crippen LogP contribution < -0.4 is 9.86 Å². The predicted octanol–water partition coefficient (Wildman–Crippen LogP) is 0.849. The van der Waals surface area contributed by atoms with Crippen LogP contribution in [-0.2, 0) is 10.2 Å². The SMILES string of the molecule is Cc1ccccc1[C@@H](C)NS(N)(=O)=O. The minimum absolute atomic E-state index is 0.300. The lowest BCUT2D eigenvalue weighted by atomic mass is 10.0. The second-order valence-corrected chi connectivity index (χ2v) is 4.57. The Balaban J connectivity index is 2.90. The molecular weight excluding hydrogens is 200 g/mol. The van der Waals surface area contributed by atoms with Crippen molar-refractivity contribution in [1.82, 2.24) is 4.72 Å². The summed E-state index contributed by atoms with van der Waals surface area (Å²) in [7, 11) is -3.64. The third-order valence-corrected chi connectivity index (χ3v) is 2.68. The highest BCUT2D eigenvalue weighted by atomic mass is 32.2. The molecule has 0 spiro atoms. The van der Waals surface area contributed by atoms with Gasteiger partial charge in [-0.15, -0.1) is 0 Å². The molecule has 0 fully saturated rings. The molecular formula is C9H14N2O2S. The van der Waals surface area contributed by atoms with E-state index in [4.69, 9.17) is 5.14 Å². The van der Waals surface area contributed by atoms with Crippen LogP contribution in [0, 0.1) is 6.92 Å². The van der Waals surface area contributed by atoms with Crippen LogP contribution in [0.2, 0.25) is 0 Å². The van der Waals surface area contributed by atoms with Crippen molar-refractivity contribution in [3.63, 3.8) is 0 Å². The minimum Gasteiger partial charge on any atom is -0.216 e. The molecule has 4 nitrogen and oxygen atoms in total. The first-order valence-electron chi connectivity index (χ1n) is 4.26. The molecule has 0 aliphatic heterocycles. The summed E-state index contributed by atoms with van der Waals surface area (Å²) in [6.45, 7) is 3.68. The molecule has 0 aromatic heterocycles. The molecule has 3 N–H and O–H groups in total. The Hall–Kier alpha value is -0.910. The monoisotopic (exact) mass is 214 g/mol. The maximum absolute atomic E-state index is 10.8. The van der Waals surface area contributed by atoms with Crippen LogP contribution in [0.5, 0.6) is 0 Å². The number of benzene rings is 1. The highest BCUT2D eigenvalue weighted by Gasteiger charge is 2.12. The molecule has 0 heterocycles. The smallest absolute Gasteiger partial charge is 0.216 e. The van der Waals surface area contributed by atoms with E-state index < -0.39 is 10.2 Å². The summed E-state index contributed by atoms with van der Waals surface area (Å²) in [4.78, 5) is 0. The molecule has 0 aliphatic carbocycles. The summed E-state index contributed by atoms with van der Waals surface area (Å²) in [5, 5.41) is 4.88. The summed E-state index contributed by atoms with van der Waals surface area (Å²) >= 11 is 0. The third-order valence-electron chi connectivity index (χ3n) is 2.00. The number of nitrogens with two attached hydrogens (primary N) is 1. The molecule has 0 bridgehead atoms. The van der Waals surface area contributed by atoms with Gasteiger partial charge in [0.25, 0.3) is 10.2 Å². The van der Waals surface area contributed by atoms with Gasteiger partial charge >= 0.3 is 0 Å². The van der Waals surface area contributed by atoms with Crippen molar-refractivity contribution >= 4 is 10.2 Å². The standard InChI is InChI=1S/C9H14N2O2S/c1-7-5-3-4-6-9(7)8(2)11-14(10,12)13/h3-6,8,11H,1-2H3,(H2,10,12,13)/t8-/m1/s1. The molecule has 0 amide bonds. The number of nitrogens with one attached hydrogen (secondary N) is 1. The molecule has 1 atom stereocenters. The van der Waals surface area contributed by atoms with Crippen LogP contribution >= 0.6 is 0 Å². The quantitative estimate of drug-likeness (QED) is 0.783. The lowest BCUT2D eigenvalue weighted by Gasteiger charge is -2.14. The summed E-state index contributed by atoms with van der Waals surface area (Å²) in [6, 6.07) is 7.27. The van der Waals surface area contributed by atoms with Crippen molar-refractivity contribution in [2.45, 2.75) is 19.9 Å². The Morgan fingerprint density at radius 3 is 2.43 bits per heavy atom. The Kier molecular flexibility index (Phi) is 3.25. The number of hydrogen-bond acceptors (Lipinski definition) is 2. The van der Waals surface area contributed by atoms with Gasteiger partial charge in [-0.05, 0) is 25.0 Å². The lowest BCUT2D eigenvalue weighted by molar-refractivity contribution is 0.568. The van der Waals surface area contributed by atoms with E-state index in [1.165, 1.54) is 0 Å². The second kappa shape index (κ2) is 4.08. The Morgan fingerprint density at radius 2 is 1.93 bits per heavy atom. The Bertz CT molecular complexity index is 415. The fourth-order valence-corrected chi connectivity index (χ4v) is 2.00. The third kappa shape index (κ3) is 3.10. The van der Waals surface area contributed by atoms with Gasteiger partial charge in [-0.25, -0.2) is 5.14 Å². The molecule has 78 valence electrons. The van der Waals surface area contributed by atoms with E-state index in [1.54, 1.807) is 6.92 Å².